The maximum absolute atomic E-state index is 12.6. The fraction of sp³-hybridized carbons (Fsp3) is 0.385. The van der Waals surface area contributed by atoms with Crippen molar-refractivity contribution in [1.29, 1.82) is 0 Å². The van der Waals surface area contributed by atoms with Crippen LogP contribution in [0.1, 0.15) is 31.1 Å². The number of pyridine rings is 1. The van der Waals surface area contributed by atoms with Gasteiger partial charge in [-0.25, -0.2) is 14.8 Å². The number of rotatable bonds is 6. The summed E-state index contributed by atoms with van der Waals surface area (Å²) in [7, 11) is 1.52. The van der Waals surface area contributed by atoms with Crippen molar-refractivity contribution in [1.82, 2.24) is 25.2 Å². The number of methoxy groups -OCH3 is 1. The van der Waals surface area contributed by atoms with Crippen LogP contribution in [0.3, 0.4) is 0 Å². The van der Waals surface area contributed by atoms with Gasteiger partial charge in [0.1, 0.15) is 23.4 Å². The van der Waals surface area contributed by atoms with Gasteiger partial charge in [-0.15, -0.1) is 0 Å². The van der Waals surface area contributed by atoms with Crippen LogP contribution >= 0.6 is 22.6 Å². The Bertz CT molecular complexity index is 1420. The molecule has 1 fully saturated rings. The number of alkyl carbamates (subject to hydrolysis) is 1. The average Bonchev–Trinajstić information content (AvgIpc) is 2.89. The number of nitrogens with two attached hydrogens (primary N) is 1. The van der Waals surface area contributed by atoms with Crippen molar-refractivity contribution < 1.29 is 23.9 Å². The maximum atomic E-state index is 12.6. The highest BCUT2D eigenvalue weighted by molar-refractivity contribution is 14.1. The topological polar surface area (TPSA) is 153 Å². The third-order valence-electron chi connectivity index (χ3n) is 5.96. The third-order valence-corrected chi connectivity index (χ3v) is 6.55. The van der Waals surface area contributed by atoms with Crippen molar-refractivity contribution in [2.75, 3.05) is 50.5 Å². The number of benzene rings is 1. The van der Waals surface area contributed by atoms with Gasteiger partial charge in [0.05, 0.1) is 23.9 Å². The molecule has 1 aliphatic rings. The minimum atomic E-state index is -0.640. The minimum absolute atomic E-state index is 0.119. The van der Waals surface area contributed by atoms with E-state index in [0.717, 1.165) is 5.56 Å². The molecule has 2 aromatic heterocycles. The van der Waals surface area contributed by atoms with Gasteiger partial charge in [-0.05, 0) is 45.0 Å². The molecular formula is C26H30IN7O5. The van der Waals surface area contributed by atoms with Gasteiger partial charge in [0, 0.05) is 54.3 Å². The van der Waals surface area contributed by atoms with E-state index in [1.807, 2.05) is 23.1 Å². The molecule has 0 aliphatic carbocycles. The van der Waals surface area contributed by atoms with Gasteiger partial charge in [-0.1, -0.05) is 6.07 Å². The molecule has 0 saturated carbocycles. The predicted octanol–water partition coefficient (Wildman–Crippen LogP) is 3.03. The first-order valence-electron chi connectivity index (χ1n) is 12.3. The molecule has 0 bridgehead atoms. The molecular weight excluding hydrogens is 617 g/mol. The number of nitrogens with one attached hydrogen (secondary N) is 1. The van der Waals surface area contributed by atoms with E-state index in [0.29, 0.717) is 60.0 Å². The Balaban J connectivity index is 1.51. The highest BCUT2D eigenvalue weighted by atomic mass is 127. The molecule has 0 spiro atoms. The Kier molecular flexibility index (Phi) is 8.37. The maximum Gasteiger partial charge on any atom is 0.408 e. The highest BCUT2D eigenvalue weighted by Gasteiger charge is 2.25. The molecule has 0 unspecified atom stereocenters. The second-order valence-corrected chi connectivity index (χ2v) is 10.9. The largest absolute Gasteiger partial charge is 0.496 e. The van der Waals surface area contributed by atoms with Crippen LogP contribution in [-0.2, 0) is 9.53 Å². The summed E-state index contributed by atoms with van der Waals surface area (Å²) in [5.41, 5.74) is 8.43. The van der Waals surface area contributed by atoms with Gasteiger partial charge in [0.15, 0.2) is 5.82 Å². The van der Waals surface area contributed by atoms with Crippen LogP contribution in [0.15, 0.2) is 30.3 Å². The van der Waals surface area contributed by atoms with Crippen LogP contribution in [0.2, 0.25) is 0 Å². The van der Waals surface area contributed by atoms with E-state index < -0.39 is 11.7 Å². The molecule has 2 amide bonds. The van der Waals surface area contributed by atoms with Crippen LogP contribution in [0.5, 0.6) is 5.75 Å². The summed E-state index contributed by atoms with van der Waals surface area (Å²) in [6.45, 7) is 6.99. The van der Waals surface area contributed by atoms with Gasteiger partial charge >= 0.3 is 6.09 Å². The summed E-state index contributed by atoms with van der Waals surface area (Å²) in [4.78, 5) is 53.8. The number of carbonyl (C=O) groups excluding carboxylic acids is 3. The third kappa shape index (κ3) is 6.82. The van der Waals surface area contributed by atoms with Crippen molar-refractivity contribution in [2.24, 2.45) is 0 Å². The van der Waals surface area contributed by atoms with E-state index in [1.165, 1.54) is 7.11 Å². The number of carbonyl (C=O) groups is 3. The lowest BCUT2D eigenvalue weighted by molar-refractivity contribution is -0.130. The Morgan fingerprint density at radius 1 is 1.05 bits per heavy atom. The molecule has 0 radical (unpaired) electrons. The number of nitrogens with zero attached hydrogens (tertiary/aromatic N) is 5. The molecule has 13 heteroatoms. The van der Waals surface area contributed by atoms with Crippen LogP contribution in [0, 0.1) is 0 Å². The number of amides is 2. The van der Waals surface area contributed by atoms with Gasteiger partial charge < -0.3 is 30.3 Å². The number of aromatic nitrogens is 3. The number of fused-ring (bicyclic) bond motifs is 1. The first-order chi connectivity index (χ1) is 18.4. The Morgan fingerprint density at radius 2 is 1.77 bits per heavy atom. The Labute approximate surface area is 239 Å². The number of hydrogen-bond donors (Lipinski definition) is 2. The van der Waals surface area contributed by atoms with Crippen LogP contribution in [0.4, 0.5) is 16.6 Å². The number of nitrogen functional groups attached to an aromatic ring is 1. The van der Waals surface area contributed by atoms with Gasteiger partial charge in [0.2, 0.25) is 15.6 Å². The van der Waals surface area contributed by atoms with E-state index >= 15 is 0 Å². The molecule has 1 aliphatic heterocycles. The molecule has 3 N–H and O–H groups in total. The lowest BCUT2D eigenvalue weighted by atomic mass is 10.1. The lowest BCUT2D eigenvalue weighted by Crippen LogP contribution is -2.51. The number of halogens is 1. The molecule has 3 heterocycles. The van der Waals surface area contributed by atoms with E-state index in [4.69, 9.17) is 20.2 Å². The molecule has 4 rings (SSSR count). The Hall–Kier alpha value is -3.75. The zero-order valence-corrected chi connectivity index (χ0v) is 24.3. The molecule has 1 aromatic carbocycles. The van der Waals surface area contributed by atoms with E-state index in [1.54, 1.807) is 60.4 Å². The molecule has 0 atom stereocenters. The van der Waals surface area contributed by atoms with Crippen LogP contribution in [0.25, 0.3) is 22.3 Å². The molecule has 206 valence electrons. The second kappa shape index (κ2) is 11.6. The van der Waals surface area contributed by atoms with Gasteiger partial charge in [-0.2, -0.15) is 4.98 Å². The van der Waals surface area contributed by atoms with Crippen molar-refractivity contribution in [3.8, 4) is 17.0 Å². The first-order valence-corrected chi connectivity index (χ1v) is 13.3. The predicted molar refractivity (Wildman–Crippen MR) is 155 cm³/mol. The number of piperazine rings is 1. The average molecular weight is 647 g/mol. The highest BCUT2D eigenvalue weighted by Crippen LogP contribution is 2.31. The van der Waals surface area contributed by atoms with Crippen molar-refractivity contribution >= 4 is 61.2 Å². The molecule has 3 aromatic rings. The fourth-order valence-electron chi connectivity index (χ4n) is 4.15. The number of anilines is 2. The number of ether oxygens (including phenoxy) is 2. The SMILES string of the molecule is COc1cc(-c2ccc3nc(N)nc(N4CCN(C(=O)CNC(=O)OC(C)(C)C)CC4)c3n2)ccc1C(=O)I. The minimum Gasteiger partial charge on any atom is -0.496 e. The summed E-state index contributed by atoms with van der Waals surface area (Å²) in [6, 6.07) is 8.95. The zero-order chi connectivity index (χ0) is 28.3. The van der Waals surface area contributed by atoms with Gasteiger partial charge in [0.25, 0.3) is 0 Å². The summed E-state index contributed by atoms with van der Waals surface area (Å²) >= 11 is 1.73. The van der Waals surface area contributed by atoms with E-state index in [9.17, 15) is 14.4 Å². The van der Waals surface area contributed by atoms with Crippen molar-refractivity contribution in [3.05, 3.63) is 35.9 Å². The van der Waals surface area contributed by atoms with E-state index in [-0.39, 0.29) is 22.2 Å². The van der Waals surface area contributed by atoms with Crippen molar-refractivity contribution in [2.45, 2.75) is 26.4 Å². The fourth-order valence-corrected chi connectivity index (χ4v) is 4.60. The summed E-state index contributed by atoms with van der Waals surface area (Å²) in [5, 5.41) is 2.51. The number of hydrogen-bond acceptors (Lipinski definition) is 10. The second-order valence-electron chi connectivity index (χ2n) is 9.88. The van der Waals surface area contributed by atoms with Gasteiger partial charge in [-0.3, -0.25) is 9.59 Å². The summed E-state index contributed by atoms with van der Waals surface area (Å²) in [5.74, 6) is 0.961. The van der Waals surface area contributed by atoms with Crippen LogP contribution in [-0.4, -0.2) is 81.1 Å². The smallest absolute Gasteiger partial charge is 0.408 e. The molecule has 12 nitrogen and oxygen atoms in total. The van der Waals surface area contributed by atoms with E-state index in [2.05, 4.69) is 15.3 Å². The zero-order valence-electron chi connectivity index (χ0n) is 22.2. The van der Waals surface area contributed by atoms with Crippen molar-refractivity contribution in [3.63, 3.8) is 0 Å². The monoisotopic (exact) mass is 647 g/mol. The Morgan fingerprint density at radius 3 is 2.41 bits per heavy atom. The first kappa shape index (κ1) is 28.3. The normalized spacial score (nSPS) is 13.8. The standard InChI is InChI=1S/C26H30IN7O5/c1-26(2,3)39-25(37)29-14-20(35)33-9-11-34(12-10-33)23-21-18(31-24(28)32-23)8-7-17(30-21)15-5-6-16(22(27)36)19(13-15)38-4/h5-8,13H,9-12,14H2,1-4H3,(H,29,37)(H2,28,31,32). The van der Waals surface area contributed by atoms with Crippen LogP contribution < -0.4 is 20.7 Å². The molecule has 39 heavy (non-hydrogen) atoms. The molecule has 1 saturated heterocycles. The quantitative estimate of drug-likeness (QED) is 0.302. The summed E-state index contributed by atoms with van der Waals surface area (Å²) < 4.78 is 10.5. The summed E-state index contributed by atoms with van der Waals surface area (Å²) in [6.07, 6.45) is -0.632. The lowest BCUT2D eigenvalue weighted by Gasteiger charge is -2.35.